The first kappa shape index (κ1) is 13.4. The highest BCUT2D eigenvalue weighted by molar-refractivity contribution is 5.33. The smallest absolute Gasteiger partial charge is 0.119 e. The van der Waals surface area contributed by atoms with E-state index in [2.05, 4.69) is 12.1 Å². The van der Waals surface area contributed by atoms with E-state index in [9.17, 15) is 0 Å². The minimum absolute atomic E-state index is 0.213. The Kier molecular flexibility index (Phi) is 4.61. The molecule has 0 radical (unpaired) electrons. The Labute approximate surface area is 109 Å². The summed E-state index contributed by atoms with van der Waals surface area (Å²) in [5.41, 5.74) is 7.57. The third-order valence-corrected chi connectivity index (χ3v) is 3.97. The molecule has 1 aromatic rings. The van der Waals surface area contributed by atoms with E-state index in [1.54, 1.807) is 7.11 Å². The summed E-state index contributed by atoms with van der Waals surface area (Å²) < 4.78 is 10.5. The SMILES string of the molecule is COCCOc1ccc(C2(CN)CCCC2)cc1. The summed E-state index contributed by atoms with van der Waals surface area (Å²) >= 11 is 0. The second-order valence-electron chi connectivity index (χ2n) is 5.06. The molecule has 0 atom stereocenters. The van der Waals surface area contributed by atoms with Crippen molar-refractivity contribution in [1.29, 1.82) is 0 Å². The van der Waals surface area contributed by atoms with Crippen molar-refractivity contribution in [2.45, 2.75) is 31.1 Å². The minimum Gasteiger partial charge on any atom is -0.491 e. The molecule has 1 aliphatic rings. The quantitative estimate of drug-likeness (QED) is 0.788. The molecule has 0 aliphatic heterocycles. The van der Waals surface area contributed by atoms with E-state index in [4.69, 9.17) is 15.2 Å². The van der Waals surface area contributed by atoms with Gasteiger partial charge in [-0.2, -0.15) is 0 Å². The summed E-state index contributed by atoms with van der Waals surface area (Å²) in [7, 11) is 1.68. The normalized spacial score (nSPS) is 17.9. The predicted molar refractivity (Wildman–Crippen MR) is 73.0 cm³/mol. The van der Waals surface area contributed by atoms with E-state index in [0.717, 1.165) is 12.3 Å². The fourth-order valence-corrected chi connectivity index (χ4v) is 2.81. The lowest BCUT2D eigenvalue weighted by Crippen LogP contribution is -2.31. The molecule has 0 heterocycles. The van der Waals surface area contributed by atoms with E-state index in [-0.39, 0.29) is 5.41 Å². The first-order chi connectivity index (χ1) is 8.80. The predicted octanol–water partition coefficient (Wildman–Crippen LogP) is 2.48. The van der Waals surface area contributed by atoms with Gasteiger partial charge in [0.1, 0.15) is 12.4 Å². The van der Waals surface area contributed by atoms with E-state index in [1.165, 1.54) is 31.2 Å². The van der Waals surface area contributed by atoms with Gasteiger partial charge in [-0.25, -0.2) is 0 Å². The number of methoxy groups -OCH3 is 1. The van der Waals surface area contributed by atoms with Crippen LogP contribution in [0.2, 0.25) is 0 Å². The molecule has 1 aromatic carbocycles. The summed E-state index contributed by atoms with van der Waals surface area (Å²) in [5.74, 6) is 0.904. The van der Waals surface area contributed by atoms with Crippen LogP contribution >= 0.6 is 0 Å². The highest BCUT2D eigenvalue weighted by Crippen LogP contribution is 2.40. The maximum atomic E-state index is 5.99. The maximum Gasteiger partial charge on any atom is 0.119 e. The summed E-state index contributed by atoms with van der Waals surface area (Å²) in [4.78, 5) is 0. The van der Waals surface area contributed by atoms with Gasteiger partial charge in [0.2, 0.25) is 0 Å². The van der Waals surface area contributed by atoms with E-state index in [0.29, 0.717) is 13.2 Å². The van der Waals surface area contributed by atoms with Crippen LogP contribution in [-0.4, -0.2) is 26.9 Å². The standard InChI is InChI=1S/C15H23NO2/c1-17-10-11-18-14-6-4-13(5-7-14)15(12-16)8-2-3-9-15/h4-7H,2-3,8-12,16H2,1H3. The fraction of sp³-hybridized carbons (Fsp3) is 0.600. The Morgan fingerprint density at radius 3 is 2.33 bits per heavy atom. The van der Waals surface area contributed by atoms with Gasteiger partial charge in [0.15, 0.2) is 0 Å². The second-order valence-corrected chi connectivity index (χ2v) is 5.06. The molecule has 3 heteroatoms. The molecule has 0 aromatic heterocycles. The molecule has 1 aliphatic carbocycles. The highest BCUT2D eigenvalue weighted by atomic mass is 16.5. The highest BCUT2D eigenvalue weighted by Gasteiger charge is 2.33. The molecule has 1 fully saturated rings. The van der Waals surface area contributed by atoms with Crippen molar-refractivity contribution in [2.24, 2.45) is 5.73 Å². The van der Waals surface area contributed by atoms with E-state index >= 15 is 0 Å². The van der Waals surface area contributed by atoms with Crippen LogP contribution in [-0.2, 0) is 10.2 Å². The van der Waals surface area contributed by atoms with Gasteiger partial charge in [-0.1, -0.05) is 25.0 Å². The fourth-order valence-electron chi connectivity index (χ4n) is 2.81. The number of benzene rings is 1. The molecule has 0 amide bonds. The van der Waals surface area contributed by atoms with Gasteiger partial charge in [-0.3, -0.25) is 0 Å². The Bertz CT molecular complexity index is 355. The first-order valence-corrected chi connectivity index (χ1v) is 6.73. The molecule has 0 saturated heterocycles. The average molecular weight is 249 g/mol. The van der Waals surface area contributed by atoms with Gasteiger partial charge in [0.25, 0.3) is 0 Å². The molecular weight excluding hydrogens is 226 g/mol. The number of nitrogens with two attached hydrogens (primary N) is 1. The van der Waals surface area contributed by atoms with Crippen LogP contribution in [0.1, 0.15) is 31.2 Å². The largest absolute Gasteiger partial charge is 0.491 e. The maximum absolute atomic E-state index is 5.99. The summed E-state index contributed by atoms with van der Waals surface area (Å²) in [6, 6.07) is 8.42. The van der Waals surface area contributed by atoms with E-state index in [1.807, 2.05) is 12.1 Å². The molecule has 1 saturated carbocycles. The van der Waals surface area contributed by atoms with Crippen molar-refractivity contribution in [3.05, 3.63) is 29.8 Å². The zero-order valence-electron chi connectivity index (χ0n) is 11.2. The van der Waals surface area contributed by atoms with Crippen LogP contribution in [0.3, 0.4) is 0 Å². The average Bonchev–Trinajstić information content (AvgIpc) is 2.90. The molecule has 0 unspecified atom stereocenters. The van der Waals surface area contributed by atoms with Crippen LogP contribution in [0.5, 0.6) is 5.75 Å². The minimum atomic E-state index is 0.213. The van der Waals surface area contributed by atoms with Crippen LogP contribution in [0.15, 0.2) is 24.3 Å². The molecule has 0 spiro atoms. The number of hydrogen-bond donors (Lipinski definition) is 1. The van der Waals surface area contributed by atoms with Crippen molar-refractivity contribution in [3.8, 4) is 5.75 Å². The van der Waals surface area contributed by atoms with Crippen molar-refractivity contribution < 1.29 is 9.47 Å². The zero-order chi connectivity index (χ0) is 12.8. The number of rotatable bonds is 6. The Hall–Kier alpha value is -1.06. The molecule has 18 heavy (non-hydrogen) atoms. The Morgan fingerprint density at radius 2 is 1.78 bits per heavy atom. The lowest BCUT2D eigenvalue weighted by Gasteiger charge is -2.28. The van der Waals surface area contributed by atoms with Gasteiger partial charge >= 0.3 is 0 Å². The van der Waals surface area contributed by atoms with Crippen LogP contribution < -0.4 is 10.5 Å². The van der Waals surface area contributed by atoms with Crippen LogP contribution in [0.25, 0.3) is 0 Å². The van der Waals surface area contributed by atoms with Gasteiger partial charge in [-0.15, -0.1) is 0 Å². The van der Waals surface area contributed by atoms with Crippen LogP contribution in [0, 0.1) is 0 Å². The molecule has 2 N–H and O–H groups in total. The van der Waals surface area contributed by atoms with E-state index < -0.39 is 0 Å². The first-order valence-electron chi connectivity index (χ1n) is 6.73. The van der Waals surface area contributed by atoms with Gasteiger partial charge in [-0.05, 0) is 30.5 Å². The Morgan fingerprint density at radius 1 is 1.11 bits per heavy atom. The molecular formula is C15H23NO2. The van der Waals surface area contributed by atoms with Crippen LogP contribution in [0.4, 0.5) is 0 Å². The van der Waals surface area contributed by atoms with Crippen molar-refractivity contribution >= 4 is 0 Å². The molecule has 0 bridgehead atoms. The summed E-state index contributed by atoms with van der Waals surface area (Å²) in [6.45, 7) is 1.96. The summed E-state index contributed by atoms with van der Waals surface area (Å²) in [5, 5.41) is 0. The molecule has 100 valence electrons. The molecule has 3 nitrogen and oxygen atoms in total. The molecule has 2 rings (SSSR count). The van der Waals surface area contributed by atoms with Gasteiger partial charge in [0.05, 0.1) is 6.61 Å². The topological polar surface area (TPSA) is 44.5 Å². The lowest BCUT2D eigenvalue weighted by atomic mass is 9.79. The van der Waals surface area contributed by atoms with Crippen molar-refractivity contribution in [2.75, 3.05) is 26.9 Å². The van der Waals surface area contributed by atoms with Crippen molar-refractivity contribution in [3.63, 3.8) is 0 Å². The van der Waals surface area contributed by atoms with Gasteiger partial charge in [0, 0.05) is 19.1 Å². The Balaban J connectivity index is 2.02. The third kappa shape index (κ3) is 2.85. The van der Waals surface area contributed by atoms with Crippen molar-refractivity contribution in [1.82, 2.24) is 0 Å². The zero-order valence-corrected chi connectivity index (χ0v) is 11.2. The number of hydrogen-bond acceptors (Lipinski definition) is 3. The summed E-state index contributed by atoms with van der Waals surface area (Å²) in [6.07, 6.45) is 5.02. The van der Waals surface area contributed by atoms with Gasteiger partial charge < -0.3 is 15.2 Å². The number of ether oxygens (including phenoxy) is 2. The second kappa shape index (κ2) is 6.21. The lowest BCUT2D eigenvalue weighted by molar-refractivity contribution is 0.146. The monoisotopic (exact) mass is 249 g/mol. The third-order valence-electron chi connectivity index (χ3n) is 3.97.